The van der Waals surface area contributed by atoms with Gasteiger partial charge in [-0.25, -0.2) is 5.43 Å². The van der Waals surface area contributed by atoms with E-state index >= 15 is 0 Å². The van der Waals surface area contributed by atoms with E-state index in [0.717, 1.165) is 10.8 Å². The third-order valence-corrected chi connectivity index (χ3v) is 2.59. The first-order valence-electron chi connectivity index (χ1n) is 6.03. The van der Waals surface area contributed by atoms with E-state index in [4.69, 9.17) is 0 Å². The molecular weight excluding hydrogens is 224 g/mol. The van der Waals surface area contributed by atoms with Gasteiger partial charge >= 0.3 is 0 Å². The van der Waals surface area contributed by atoms with Crippen molar-refractivity contribution >= 4 is 16.7 Å². The molecule has 0 saturated carbocycles. The fraction of sp³-hybridized carbons (Fsp3) is 0.267. The van der Waals surface area contributed by atoms with E-state index in [9.17, 15) is 4.79 Å². The van der Waals surface area contributed by atoms with Crippen molar-refractivity contribution < 1.29 is 4.79 Å². The van der Waals surface area contributed by atoms with Gasteiger partial charge in [0, 0.05) is 11.1 Å². The lowest BCUT2D eigenvalue weighted by atomic mass is 10.0. The van der Waals surface area contributed by atoms with Crippen LogP contribution >= 0.6 is 0 Å². The van der Waals surface area contributed by atoms with Gasteiger partial charge < -0.3 is 0 Å². The highest BCUT2D eigenvalue weighted by Crippen LogP contribution is 2.18. The number of carbonyl (C=O) groups excluding carboxylic acids is 1. The Morgan fingerprint density at radius 2 is 1.67 bits per heavy atom. The average molecular weight is 242 g/mol. The van der Waals surface area contributed by atoms with E-state index in [2.05, 4.69) is 10.9 Å². The molecule has 2 rings (SSSR count). The number of nitrogens with one attached hydrogen (secondary N) is 2. The summed E-state index contributed by atoms with van der Waals surface area (Å²) in [7, 11) is 0. The second-order valence-electron chi connectivity index (χ2n) is 5.36. The van der Waals surface area contributed by atoms with Crippen LogP contribution in [0.2, 0.25) is 0 Å². The summed E-state index contributed by atoms with van der Waals surface area (Å²) in [6, 6.07) is 13.6. The SMILES string of the molecule is CC(C)(C)NNC(=O)c1cccc2ccccc12. The molecule has 94 valence electrons. The Balaban J connectivity index is 2.28. The van der Waals surface area contributed by atoms with Crippen molar-refractivity contribution in [2.75, 3.05) is 0 Å². The molecular formula is C15H18N2O. The molecule has 0 spiro atoms. The third kappa shape index (κ3) is 2.87. The van der Waals surface area contributed by atoms with E-state index in [1.807, 2.05) is 63.2 Å². The topological polar surface area (TPSA) is 41.1 Å². The van der Waals surface area contributed by atoms with Gasteiger partial charge in [-0.1, -0.05) is 36.4 Å². The number of rotatable bonds is 2. The number of hydrazine groups is 1. The van der Waals surface area contributed by atoms with Crippen LogP contribution in [-0.4, -0.2) is 11.4 Å². The molecule has 0 heterocycles. The summed E-state index contributed by atoms with van der Waals surface area (Å²) in [6.45, 7) is 5.99. The number of carbonyl (C=O) groups is 1. The van der Waals surface area contributed by atoms with E-state index in [-0.39, 0.29) is 11.4 Å². The second-order valence-corrected chi connectivity index (χ2v) is 5.36. The van der Waals surface area contributed by atoms with Crippen molar-refractivity contribution in [3.8, 4) is 0 Å². The van der Waals surface area contributed by atoms with Crippen LogP contribution in [0.4, 0.5) is 0 Å². The van der Waals surface area contributed by atoms with Crippen LogP contribution in [-0.2, 0) is 0 Å². The fourth-order valence-electron chi connectivity index (χ4n) is 1.74. The Labute approximate surface area is 107 Å². The quantitative estimate of drug-likeness (QED) is 0.795. The number of hydrogen-bond acceptors (Lipinski definition) is 2. The first-order valence-corrected chi connectivity index (χ1v) is 6.03. The van der Waals surface area contributed by atoms with Gasteiger partial charge in [0.15, 0.2) is 0 Å². The predicted molar refractivity (Wildman–Crippen MR) is 74.3 cm³/mol. The first-order chi connectivity index (χ1) is 8.47. The molecule has 0 saturated heterocycles. The minimum Gasteiger partial charge on any atom is -0.287 e. The molecule has 3 nitrogen and oxygen atoms in total. The lowest BCUT2D eigenvalue weighted by Gasteiger charge is -2.21. The lowest BCUT2D eigenvalue weighted by molar-refractivity contribution is 0.0916. The zero-order valence-electron chi connectivity index (χ0n) is 10.9. The molecule has 0 aliphatic heterocycles. The van der Waals surface area contributed by atoms with Crippen molar-refractivity contribution in [1.82, 2.24) is 10.9 Å². The van der Waals surface area contributed by atoms with Crippen LogP contribution in [0.5, 0.6) is 0 Å². The van der Waals surface area contributed by atoms with E-state index in [1.54, 1.807) is 0 Å². The Morgan fingerprint density at radius 3 is 2.39 bits per heavy atom. The molecule has 18 heavy (non-hydrogen) atoms. The van der Waals surface area contributed by atoms with Gasteiger partial charge in [0.1, 0.15) is 0 Å². The van der Waals surface area contributed by atoms with Crippen molar-refractivity contribution in [3.05, 3.63) is 48.0 Å². The molecule has 0 atom stereocenters. The van der Waals surface area contributed by atoms with E-state index in [1.165, 1.54) is 0 Å². The molecule has 2 N–H and O–H groups in total. The minimum absolute atomic E-state index is 0.110. The maximum absolute atomic E-state index is 12.1. The fourth-order valence-corrected chi connectivity index (χ4v) is 1.74. The van der Waals surface area contributed by atoms with Crippen LogP contribution in [0, 0.1) is 0 Å². The molecule has 1 amide bonds. The number of benzene rings is 2. The molecule has 0 radical (unpaired) electrons. The summed E-state index contributed by atoms with van der Waals surface area (Å²) >= 11 is 0. The van der Waals surface area contributed by atoms with Crippen LogP contribution in [0.3, 0.4) is 0 Å². The summed E-state index contributed by atoms with van der Waals surface area (Å²) < 4.78 is 0. The standard InChI is InChI=1S/C15H18N2O/c1-15(2,3)17-16-14(18)13-10-6-8-11-7-4-5-9-12(11)13/h4-10,17H,1-3H3,(H,16,18). The highest BCUT2D eigenvalue weighted by molar-refractivity contribution is 6.06. The van der Waals surface area contributed by atoms with Gasteiger partial charge in [-0.2, -0.15) is 0 Å². The zero-order chi connectivity index (χ0) is 13.2. The average Bonchev–Trinajstić information content (AvgIpc) is 2.34. The Hall–Kier alpha value is -1.87. The molecule has 0 fully saturated rings. The first kappa shape index (κ1) is 12.6. The molecule has 0 aliphatic carbocycles. The van der Waals surface area contributed by atoms with E-state index in [0.29, 0.717) is 5.56 Å². The molecule has 0 unspecified atom stereocenters. The predicted octanol–water partition coefficient (Wildman–Crippen LogP) is 2.87. The molecule has 0 aromatic heterocycles. The van der Waals surface area contributed by atoms with Crippen molar-refractivity contribution in [3.63, 3.8) is 0 Å². The normalized spacial score (nSPS) is 11.5. The highest BCUT2D eigenvalue weighted by atomic mass is 16.2. The third-order valence-electron chi connectivity index (χ3n) is 2.59. The summed E-state index contributed by atoms with van der Waals surface area (Å²) in [5.74, 6) is -0.110. The highest BCUT2D eigenvalue weighted by Gasteiger charge is 2.13. The van der Waals surface area contributed by atoms with E-state index < -0.39 is 0 Å². The Bertz CT molecular complexity index is 565. The maximum atomic E-state index is 12.1. The summed E-state index contributed by atoms with van der Waals surface area (Å²) in [6.07, 6.45) is 0. The molecule has 0 aliphatic rings. The summed E-state index contributed by atoms with van der Waals surface area (Å²) in [4.78, 5) is 12.1. The Kier molecular flexibility index (Phi) is 3.34. The molecule has 2 aromatic carbocycles. The largest absolute Gasteiger partial charge is 0.287 e. The van der Waals surface area contributed by atoms with Crippen molar-refractivity contribution in [2.45, 2.75) is 26.3 Å². The van der Waals surface area contributed by atoms with Crippen LogP contribution < -0.4 is 10.9 Å². The molecule has 0 bridgehead atoms. The van der Waals surface area contributed by atoms with Gasteiger partial charge in [-0.15, -0.1) is 0 Å². The summed E-state index contributed by atoms with van der Waals surface area (Å²) in [5.41, 5.74) is 6.26. The van der Waals surface area contributed by atoms with Crippen molar-refractivity contribution in [1.29, 1.82) is 0 Å². The van der Waals surface area contributed by atoms with Crippen LogP contribution in [0.25, 0.3) is 10.8 Å². The Morgan fingerprint density at radius 1 is 1.00 bits per heavy atom. The number of amides is 1. The lowest BCUT2D eigenvalue weighted by Crippen LogP contribution is -2.48. The second kappa shape index (κ2) is 4.78. The smallest absolute Gasteiger partial charge is 0.266 e. The monoisotopic (exact) mass is 242 g/mol. The van der Waals surface area contributed by atoms with Gasteiger partial charge in [0.2, 0.25) is 0 Å². The maximum Gasteiger partial charge on any atom is 0.266 e. The molecule has 2 aromatic rings. The van der Waals surface area contributed by atoms with Gasteiger partial charge in [-0.3, -0.25) is 10.2 Å². The summed E-state index contributed by atoms with van der Waals surface area (Å²) in [5, 5.41) is 2.04. The van der Waals surface area contributed by atoms with Gasteiger partial charge in [0.25, 0.3) is 5.91 Å². The van der Waals surface area contributed by atoms with Gasteiger partial charge in [-0.05, 0) is 37.6 Å². The molecule has 3 heteroatoms. The zero-order valence-corrected chi connectivity index (χ0v) is 10.9. The van der Waals surface area contributed by atoms with Gasteiger partial charge in [0.05, 0.1) is 0 Å². The van der Waals surface area contributed by atoms with Crippen LogP contribution in [0.15, 0.2) is 42.5 Å². The number of fused-ring (bicyclic) bond motifs is 1. The minimum atomic E-state index is -0.153. The van der Waals surface area contributed by atoms with Crippen molar-refractivity contribution in [2.24, 2.45) is 0 Å². The number of hydrogen-bond donors (Lipinski definition) is 2. The van der Waals surface area contributed by atoms with Crippen LogP contribution in [0.1, 0.15) is 31.1 Å².